The van der Waals surface area contributed by atoms with E-state index < -0.39 is 0 Å². The monoisotopic (exact) mass is 329 g/mol. The molecule has 1 fully saturated rings. The Bertz CT molecular complexity index is 433. The zero-order valence-corrected chi connectivity index (χ0v) is 14.2. The zero-order valence-electron chi connectivity index (χ0n) is 12.7. The van der Waals surface area contributed by atoms with Crippen LogP contribution in [0.3, 0.4) is 0 Å². The average Bonchev–Trinajstić information content (AvgIpc) is 2.97. The fourth-order valence-electron chi connectivity index (χ4n) is 2.84. The Morgan fingerprint density at radius 1 is 1.38 bits per heavy atom. The minimum absolute atomic E-state index is 0.452. The van der Waals surface area contributed by atoms with Crippen molar-refractivity contribution in [3.05, 3.63) is 33.8 Å². The highest BCUT2D eigenvalue weighted by atomic mass is 35.5. The molecule has 0 spiro atoms. The van der Waals surface area contributed by atoms with Crippen LogP contribution in [0.4, 0.5) is 0 Å². The molecule has 1 aliphatic rings. The number of rotatable bonds is 8. The Kier molecular flexibility index (Phi) is 7.31. The quantitative estimate of drug-likeness (QED) is 0.735. The first-order chi connectivity index (χ1) is 10.2. The molecule has 1 aromatic rings. The molecule has 4 heteroatoms. The van der Waals surface area contributed by atoms with Crippen LogP contribution in [0.25, 0.3) is 0 Å². The molecule has 0 radical (unpaired) electrons. The summed E-state index contributed by atoms with van der Waals surface area (Å²) in [4.78, 5) is 0. The average molecular weight is 330 g/mol. The fourth-order valence-corrected chi connectivity index (χ4v) is 3.32. The molecule has 2 rings (SSSR count). The summed E-state index contributed by atoms with van der Waals surface area (Å²) in [5.41, 5.74) is 1.17. The molecule has 0 saturated carbocycles. The third kappa shape index (κ3) is 5.78. The molecule has 1 aliphatic heterocycles. The smallest absolute Gasteiger partial charge is 0.0576 e. The van der Waals surface area contributed by atoms with Gasteiger partial charge in [0.15, 0.2) is 0 Å². The molecule has 2 atom stereocenters. The molecule has 0 bridgehead atoms. The summed E-state index contributed by atoms with van der Waals surface area (Å²) in [6.45, 7) is 4.17. The zero-order chi connectivity index (χ0) is 15.1. The highest BCUT2D eigenvalue weighted by Crippen LogP contribution is 2.24. The van der Waals surface area contributed by atoms with Crippen molar-refractivity contribution in [3.63, 3.8) is 0 Å². The molecule has 21 heavy (non-hydrogen) atoms. The number of hydrogen-bond acceptors (Lipinski definition) is 2. The summed E-state index contributed by atoms with van der Waals surface area (Å²) in [5, 5.41) is 5.10. The minimum atomic E-state index is 0.452. The van der Waals surface area contributed by atoms with Crippen LogP contribution in [0.15, 0.2) is 18.2 Å². The Hall–Kier alpha value is -0.280. The van der Waals surface area contributed by atoms with Crippen LogP contribution < -0.4 is 5.32 Å². The second-order valence-corrected chi connectivity index (χ2v) is 6.65. The highest BCUT2D eigenvalue weighted by Gasteiger charge is 2.18. The van der Waals surface area contributed by atoms with Gasteiger partial charge in [-0.15, -0.1) is 0 Å². The number of ether oxygens (including phenoxy) is 1. The van der Waals surface area contributed by atoms with E-state index in [1.54, 1.807) is 0 Å². The van der Waals surface area contributed by atoms with Crippen molar-refractivity contribution < 1.29 is 4.74 Å². The van der Waals surface area contributed by atoms with Gasteiger partial charge in [0.1, 0.15) is 0 Å². The van der Waals surface area contributed by atoms with Gasteiger partial charge in [0.2, 0.25) is 0 Å². The number of benzene rings is 1. The van der Waals surface area contributed by atoms with E-state index in [4.69, 9.17) is 27.9 Å². The van der Waals surface area contributed by atoms with E-state index in [2.05, 4.69) is 12.2 Å². The molecule has 2 nitrogen and oxygen atoms in total. The van der Waals surface area contributed by atoms with Crippen molar-refractivity contribution in [2.24, 2.45) is 0 Å². The van der Waals surface area contributed by atoms with Crippen molar-refractivity contribution in [2.75, 3.05) is 13.2 Å². The van der Waals surface area contributed by atoms with Gasteiger partial charge in [-0.25, -0.2) is 0 Å². The van der Waals surface area contributed by atoms with Crippen LogP contribution in [0.1, 0.15) is 44.6 Å². The first-order valence-electron chi connectivity index (χ1n) is 7.98. The van der Waals surface area contributed by atoms with E-state index in [9.17, 15) is 0 Å². The van der Waals surface area contributed by atoms with Gasteiger partial charge in [-0.2, -0.15) is 0 Å². The lowest BCUT2D eigenvalue weighted by Gasteiger charge is -2.21. The lowest BCUT2D eigenvalue weighted by atomic mass is 9.99. The van der Waals surface area contributed by atoms with Gasteiger partial charge in [0.25, 0.3) is 0 Å². The fraction of sp³-hybridized carbons (Fsp3) is 0.647. The highest BCUT2D eigenvalue weighted by molar-refractivity contribution is 6.35. The Morgan fingerprint density at radius 2 is 2.24 bits per heavy atom. The second-order valence-electron chi connectivity index (χ2n) is 5.80. The molecular weight excluding hydrogens is 305 g/mol. The van der Waals surface area contributed by atoms with E-state index in [0.717, 1.165) is 43.9 Å². The first-order valence-corrected chi connectivity index (χ1v) is 8.73. The standard InChI is InChI=1S/C17H25Cl2NO/c1-2-9-20-15(7-8-16-4-3-10-21-16)11-13-5-6-14(18)12-17(13)19/h5-6,12,15-16,20H,2-4,7-11H2,1H3. The molecule has 0 aliphatic carbocycles. The van der Waals surface area contributed by atoms with Crippen molar-refractivity contribution in [1.82, 2.24) is 5.32 Å². The summed E-state index contributed by atoms with van der Waals surface area (Å²) in [5.74, 6) is 0. The van der Waals surface area contributed by atoms with E-state index in [-0.39, 0.29) is 0 Å². The van der Waals surface area contributed by atoms with Crippen LogP contribution in [0, 0.1) is 0 Å². The third-order valence-electron chi connectivity index (χ3n) is 4.03. The Labute approximate surface area is 138 Å². The normalized spacial score (nSPS) is 19.9. The maximum atomic E-state index is 6.30. The van der Waals surface area contributed by atoms with Crippen molar-refractivity contribution in [3.8, 4) is 0 Å². The SMILES string of the molecule is CCCNC(CCC1CCCO1)Cc1ccc(Cl)cc1Cl. The topological polar surface area (TPSA) is 21.3 Å². The maximum Gasteiger partial charge on any atom is 0.0576 e. The summed E-state index contributed by atoms with van der Waals surface area (Å²) < 4.78 is 5.73. The van der Waals surface area contributed by atoms with E-state index in [1.165, 1.54) is 18.4 Å². The molecule has 1 heterocycles. The van der Waals surface area contributed by atoms with Crippen LogP contribution in [0.2, 0.25) is 10.0 Å². The molecule has 118 valence electrons. The van der Waals surface area contributed by atoms with E-state index in [0.29, 0.717) is 17.2 Å². The Morgan fingerprint density at radius 3 is 2.90 bits per heavy atom. The van der Waals surface area contributed by atoms with E-state index in [1.807, 2.05) is 18.2 Å². The minimum Gasteiger partial charge on any atom is -0.378 e. The lowest BCUT2D eigenvalue weighted by molar-refractivity contribution is 0.0995. The second kappa shape index (κ2) is 8.99. The molecule has 0 amide bonds. The Balaban J connectivity index is 1.90. The summed E-state index contributed by atoms with van der Waals surface area (Å²) >= 11 is 12.3. The summed E-state index contributed by atoms with van der Waals surface area (Å²) in [6.07, 6.45) is 7.23. The number of nitrogens with one attached hydrogen (secondary N) is 1. The van der Waals surface area contributed by atoms with Gasteiger partial charge < -0.3 is 10.1 Å². The van der Waals surface area contributed by atoms with Gasteiger partial charge in [-0.1, -0.05) is 36.2 Å². The molecular formula is C17H25Cl2NO. The van der Waals surface area contributed by atoms with Gasteiger partial charge >= 0.3 is 0 Å². The van der Waals surface area contributed by atoms with Gasteiger partial charge in [-0.3, -0.25) is 0 Å². The molecule has 0 aromatic heterocycles. The maximum absolute atomic E-state index is 6.30. The first kappa shape index (κ1) is 17.1. The molecule has 1 saturated heterocycles. The van der Waals surface area contributed by atoms with Crippen molar-refractivity contribution in [2.45, 2.75) is 57.6 Å². The van der Waals surface area contributed by atoms with Gasteiger partial charge in [0, 0.05) is 22.7 Å². The van der Waals surface area contributed by atoms with E-state index >= 15 is 0 Å². The summed E-state index contributed by atoms with van der Waals surface area (Å²) in [7, 11) is 0. The van der Waals surface area contributed by atoms with Crippen LogP contribution in [-0.2, 0) is 11.2 Å². The molecule has 1 N–H and O–H groups in total. The number of halogens is 2. The molecule has 2 unspecified atom stereocenters. The summed E-state index contributed by atoms with van der Waals surface area (Å²) in [6, 6.07) is 6.24. The van der Waals surface area contributed by atoms with Crippen molar-refractivity contribution in [1.29, 1.82) is 0 Å². The third-order valence-corrected chi connectivity index (χ3v) is 4.61. The predicted octanol–water partition coefficient (Wildman–Crippen LogP) is 4.86. The predicted molar refractivity (Wildman–Crippen MR) is 90.5 cm³/mol. The number of hydrogen-bond donors (Lipinski definition) is 1. The lowest BCUT2D eigenvalue weighted by Crippen LogP contribution is -2.32. The van der Waals surface area contributed by atoms with Crippen molar-refractivity contribution >= 4 is 23.2 Å². The van der Waals surface area contributed by atoms with Gasteiger partial charge in [0.05, 0.1) is 6.10 Å². The molecule has 1 aromatic carbocycles. The van der Waals surface area contributed by atoms with Crippen LogP contribution >= 0.6 is 23.2 Å². The van der Waals surface area contributed by atoms with Crippen LogP contribution in [0.5, 0.6) is 0 Å². The van der Waals surface area contributed by atoms with Crippen LogP contribution in [-0.4, -0.2) is 25.3 Å². The van der Waals surface area contributed by atoms with Gasteiger partial charge in [-0.05, 0) is 62.8 Å². The largest absolute Gasteiger partial charge is 0.378 e.